The van der Waals surface area contributed by atoms with Gasteiger partial charge < -0.3 is 0 Å². The molecule has 0 spiro atoms. The Labute approximate surface area is 171 Å². The van der Waals surface area contributed by atoms with Gasteiger partial charge in [0.15, 0.2) is 5.52 Å². The van der Waals surface area contributed by atoms with Gasteiger partial charge in [-0.15, -0.1) is 11.3 Å². The number of nitrogens with zero attached hydrogens (tertiary/aromatic N) is 3. The van der Waals surface area contributed by atoms with Crippen LogP contribution in [0.1, 0.15) is 29.3 Å². The smallest absolute Gasteiger partial charge is 0.265 e. The van der Waals surface area contributed by atoms with Crippen molar-refractivity contribution in [3.63, 3.8) is 0 Å². The highest BCUT2D eigenvalue weighted by atomic mass is 35.5. The maximum absolute atomic E-state index is 13.1. The molecule has 2 aromatic heterocycles. The van der Waals surface area contributed by atoms with Gasteiger partial charge in [-0.25, -0.2) is 9.67 Å². The lowest BCUT2D eigenvalue weighted by atomic mass is 10.1. The molecular formula is C22H18ClN3OS. The van der Waals surface area contributed by atoms with E-state index in [1.807, 2.05) is 42.5 Å². The number of hydrogen-bond acceptors (Lipinski definition) is 4. The molecule has 0 atom stereocenters. The Morgan fingerprint density at radius 1 is 1.07 bits per heavy atom. The van der Waals surface area contributed by atoms with E-state index in [-0.39, 0.29) is 5.56 Å². The van der Waals surface area contributed by atoms with Crippen LogP contribution in [0, 0.1) is 0 Å². The minimum absolute atomic E-state index is 0.105. The second-order valence-electron chi connectivity index (χ2n) is 7.12. The molecule has 1 aliphatic carbocycles. The average molecular weight is 408 g/mol. The van der Waals surface area contributed by atoms with E-state index in [2.05, 4.69) is 12.1 Å². The summed E-state index contributed by atoms with van der Waals surface area (Å²) in [4.78, 5) is 17.8. The van der Waals surface area contributed by atoms with Crippen LogP contribution in [0.25, 0.3) is 21.5 Å². The molecule has 0 radical (unpaired) electrons. The van der Waals surface area contributed by atoms with Gasteiger partial charge in [0.25, 0.3) is 5.56 Å². The third-order valence-corrected chi connectivity index (χ3v) is 6.49. The molecule has 0 N–H and O–H groups in total. The van der Waals surface area contributed by atoms with Crippen LogP contribution >= 0.6 is 22.9 Å². The van der Waals surface area contributed by atoms with Crippen molar-refractivity contribution in [1.29, 1.82) is 0 Å². The molecule has 0 aliphatic heterocycles. The molecule has 1 fully saturated rings. The second kappa shape index (κ2) is 7.15. The Morgan fingerprint density at radius 3 is 2.54 bits per heavy atom. The van der Waals surface area contributed by atoms with Gasteiger partial charge in [0.05, 0.1) is 9.71 Å². The number of fused-ring (bicyclic) bond motifs is 1. The lowest BCUT2D eigenvalue weighted by Crippen LogP contribution is -2.24. The third-order valence-electron chi connectivity index (χ3n) is 5.02. The van der Waals surface area contributed by atoms with Crippen molar-refractivity contribution in [3.8, 4) is 11.3 Å². The minimum Gasteiger partial charge on any atom is -0.265 e. The van der Waals surface area contributed by atoms with Crippen molar-refractivity contribution in [3.05, 3.63) is 80.5 Å². The van der Waals surface area contributed by atoms with Crippen molar-refractivity contribution >= 4 is 33.2 Å². The molecule has 0 saturated heterocycles. The summed E-state index contributed by atoms with van der Waals surface area (Å²) in [6.45, 7) is 0.523. The fourth-order valence-corrected chi connectivity index (χ4v) is 4.67. The number of hydrogen-bond donors (Lipinski definition) is 0. The van der Waals surface area contributed by atoms with E-state index in [0.717, 1.165) is 40.2 Å². The quantitative estimate of drug-likeness (QED) is 0.451. The zero-order chi connectivity index (χ0) is 19.1. The number of aryl methyl sites for hydroxylation is 2. The van der Waals surface area contributed by atoms with Gasteiger partial charge in [-0.3, -0.25) is 4.79 Å². The standard InChI is InChI=1S/C22H18ClN3OS/c23-17-10-8-15(9-11-17)18-20-19(24-21(28-20)16-6-7-16)22(27)26(25-18)13-12-14-4-2-1-3-5-14/h1-5,8-11,16H,6-7,12-13H2. The molecule has 1 aliphatic rings. The summed E-state index contributed by atoms with van der Waals surface area (Å²) in [7, 11) is 0. The molecule has 4 nitrogen and oxygen atoms in total. The number of benzene rings is 2. The lowest BCUT2D eigenvalue weighted by Gasteiger charge is -2.09. The molecule has 5 rings (SSSR count). The molecule has 1 saturated carbocycles. The fourth-order valence-electron chi connectivity index (χ4n) is 3.31. The van der Waals surface area contributed by atoms with E-state index in [9.17, 15) is 4.79 Å². The van der Waals surface area contributed by atoms with Crippen LogP contribution in [0.15, 0.2) is 59.4 Å². The van der Waals surface area contributed by atoms with Crippen molar-refractivity contribution in [2.45, 2.75) is 31.7 Å². The van der Waals surface area contributed by atoms with E-state index in [1.54, 1.807) is 16.0 Å². The third kappa shape index (κ3) is 3.36. The molecule has 28 heavy (non-hydrogen) atoms. The van der Waals surface area contributed by atoms with E-state index in [0.29, 0.717) is 23.0 Å². The summed E-state index contributed by atoms with van der Waals surface area (Å²) < 4.78 is 2.44. The monoisotopic (exact) mass is 407 g/mol. The molecule has 2 heterocycles. The van der Waals surface area contributed by atoms with Gasteiger partial charge in [-0.2, -0.15) is 5.10 Å². The molecule has 0 unspecified atom stereocenters. The zero-order valence-corrected chi connectivity index (χ0v) is 16.7. The summed E-state index contributed by atoms with van der Waals surface area (Å²) in [6.07, 6.45) is 3.07. The Kier molecular flexibility index (Phi) is 4.49. The Morgan fingerprint density at radius 2 is 1.82 bits per heavy atom. The molecule has 0 bridgehead atoms. The molecule has 140 valence electrons. The van der Waals surface area contributed by atoms with E-state index < -0.39 is 0 Å². The first kappa shape index (κ1) is 17.6. The summed E-state index contributed by atoms with van der Waals surface area (Å²) in [6, 6.07) is 17.8. The maximum atomic E-state index is 13.1. The van der Waals surface area contributed by atoms with Crippen LogP contribution in [0.2, 0.25) is 5.02 Å². The van der Waals surface area contributed by atoms with Crippen molar-refractivity contribution in [1.82, 2.24) is 14.8 Å². The molecule has 6 heteroatoms. The first-order valence-electron chi connectivity index (χ1n) is 9.40. The van der Waals surface area contributed by atoms with Crippen LogP contribution in [0.5, 0.6) is 0 Å². The maximum Gasteiger partial charge on any atom is 0.294 e. The van der Waals surface area contributed by atoms with Crippen LogP contribution in [0.4, 0.5) is 0 Å². The molecule has 4 aromatic rings. The highest BCUT2D eigenvalue weighted by molar-refractivity contribution is 7.19. The Balaban J connectivity index is 1.62. The van der Waals surface area contributed by atoms with E-state index in [1.165, 1.54) is 5.56 Å². The molecule has 0 amide bonds. The summed E-state index contributed by atoms with van der Waals surface area (Å²) in [5, 5.41) is 6.48. The Hall–Kier alpha value is -2.50. The highest BCUT2D eigenvalue weighted by Crippen LogP contribution is 2.44. The summed E-state index contributed by atoms with van der Waals surface area (Å²) in [5.74, 6) is 0.507. The summed E-state index contributed by atoms with van der Waals surface area (Å²) >= 11 is 7.67. The largest absolute Gasteiger partial charge is 0.294 e. The lowest BCUT2D eigenvalue weighted by molar-refractivity contribution is 0.586. The highest BCUT2D eigenvalue weighted by Gasteiger charge is 2.29. The minimum atomic E-state index is -0.105. The number of rotatable bonds is 5. The van der Waals surface area contributed by atoms with Gasteiger partial charge in [0, 0.05) is 23.0 Å². The first-order chi connectivity index (χ1) is 13.7. The number of halogens is 1. The molecule has 2 aromatic carbocycles. The van der Waals surface area contributed by atoms with Crippen LogP contribution in [-0.4, -0.2) is 14.8 Å². The van der Waals surface area contributed by atoms with Gasteiger partial charge in [-0.05, 0) is 37.0 Å². The normalized spacial score (nSPS) is 13.9. The van der Waals surface area contributed by atoms with E-state index in [4.69, 9.17) is 21.7 Å². The topological polar surface area (TPSA) is 47.8 Å². The fraction of sp³-hybridized carbons (Fsp3) is 0.227. The van der Waals surface area contributed by atoms with Crippen molar-refractivity contribution in [2.24, 2.45) is 0 Å². The predicted molar refractivity (Wildman–Crippen MR) is 114 cm³/mol. The number of aromatic nitrogens is 3. The zero-order valence-electron chi connectivity index (χ0n) is 15.1. The van der Waals surface area contributed by atoms with E-state index >= 15 is 0 Å². The summed E-state index contributed by atoms with van der Waals surface area (Å²) in [5.41, 5.74) is 3.38. The van der Waals surface area contributed by atoms with Gasteiger partial charge in [-0.1, -0.05) is 54.1 Å². The van der Waals surface area contributed by atoms with Crippen molar-refractivity contribution < 1.29 is 0 Å². The van der Waals surface area contributed by atoms with Gasteiger partial charge in [0.1, 0.15) is 5.69 Å². The predicted octanol–water partition coefficient (Wildman–Crippen LogP) is 5.29. The van der Waals surface area contributed by atoms with Crippen molar-refractivity contribution in [2.75, 3.05) is 0 Å². The van der Waals surface area contributed by atoms with Crippen LogP contribution in [-0.2, 0) is 13.0 Å². The second-order valence-corrected chi connectivity index (χ2v) is 8.59. The number of thiazole rings is 1. The van der Waals surface area contributed by atoms with Crippen LogP contribution in [0.3, 0.4) is 0 Å². The first-order valence-corrected chi connectivity index (χ1v) is 10.6. The Bertz CT molecular complexity index is 1190. The van der Waals surface area contributed by atoms with Gasteiger partial charge in [0.2, 0.25) is 0 Å². The average Bonchev–Trinajstić information content (AvgIpc) is 3.48. The molecular weight excluding hydrogens is 390 g/mol. The van der Waals surface area contributed by atoms with Crippen LogP contribution < -0.4 is 5.56 Å². The SMILES string of the molecule is O=c1c2nc(C3CC3)sc2c(-c2ccc(Cl)cc2)nn1CCc1ccccc1. The van der Waals surface area contributed by atoms with Gasteiger partial charge >= 0.3 is 0 Å².